The van der Waals surface area contributed by atoms with E-state index in [1.165, 1.54) is 22.3 Å². The van der Waals surface area contributed by atoms with E-state index in [1.54, 1.807) is 0 Å². The van der Waals surface area contributed by atoms with Gasteiger partial charge in [0.25, 0.3) is 0 Å². The number of aromatic nitrogens is 4. The summed E-state index contributed by atoms with van der Waals surface area (Å²) in [6.07, 6.45) is 7.51. The fourth-order valence-electron chi connectivity index (χ4n) is 5.13. The first-order valence-corrected chi connectivity index (χ1v) is 15.6. The molecule has 0 aromatic carbocycles. The number of pyridine rings is 4. The number of nitrogens with one attached hydrogen (secondary N) is 4. The van der Waals surface area contributed by atoms with Gasteiger partial charge in [-0.1, -0.05) is 0 Å². The van der Waals surface area contributed by atoms with E-state index < -0.39 is 0 Å². The van der Waals surface area contributed by atoms with Gasteiger partial charge in [-0.25, -0.2) is 0 Å². The average Bonchev–Trinajstić information content (AvgIpc) is 3.06. The first-order chi connectivity index (χ1) is 21.6. The summed E-state index contributed by atoms with van der Waals surface area (Å²) in [5, 5.41) is 14.3. The molecule has 0 atom stereocenters. The Labute approximate surface area is 261 Å². The predicted molar refractivity (Wildman–Crippen MR) is 177 cm³/mol. The van der Waals surface area contributed by atoms with Crippen LogP contribution in [0, 0.1) is 0 Å². The lowest BCUT2D eigenvalue weighted by molar-refractivity contribution is 0.328. The van der Waals surface area contributed by atoms with Crippen LogP contribution in [-0.2, 0) is 26.2 Å². The molecule has 0 spiro atoms. The molecule has 4 aromatic rings. The Balaban J connectivity index is 1.21. The summed E-state index contributed by atoms with van der Waals surface area (Å²) in [4.78, 5) is 23.1. The maximum atomic E-state index is 4.60. The Morgan fingerprint density at radius 1 is 0.432 bits per heavy atom. The van der Waals surface area contributed by atoms with Crippen molar-refractivity contribution < 1.29 is 0 Å². The molecule has 10 nitrogen and oxygen atoms in total. The highest BCUT2D eigenvalue weighted by Crippen LogP contribution is 2.18. The minimum Gasteiger partial charge on any atom is -0.311 e. The van der Waals surface area contributed by atoms with Gasteiger partial charge in [0, 0.05) is 103 Å². The average molecular weight is 595 g/mol. The van der Waals surface area contributed by atoms with Crippen LogP contribution in [-0.4, -0.2) is 96.2 Å². The van der Waals surface area contributed by atoms with Crippen LogP contribution in [0.2, 0.25) is 0 Å². The third kappa shape index (κ3) is 10.2. The summed E-state index contributed by atoms with van der Waals surface area (Å²) in [5.41, 5.74) is 8.47. The lowest BCUT2D eigenvalue weighted by Gasteiger charge is -2.18. The molecule has 0 saturated heterocycles. The second-order valence-corrected chi connectivity index (χ2v) is 11.5. The number of rotatable bonds is 0. The van der Waals surface area contributed by atoms with Crippen LogP contribution in [0.5, 0.6) is 0 Å². The molecule has 4 N–H and O–H groups in total. The molecule has 232 valence electrons. The molecule has 0 saturated carbocycles. The molecule has 0 amide bonds. The minimum atomic E-state index is 0.800. The summed E-state index contributed by atoms with van der Waals surface area (Å²) in [5.74, 6) is 0. The van der Waals surface area contributed by atoms with Crippen molar-refractivity contribution in [2.75, 3.05) is 66.5 Å². The number of fused-ring (bicyclic) bond motifs is 10. The normalized spacial score (nSPS) is 17.5. The van der Waals surface area contributed by atoms with Crippen LogP contribution < -0.4 is 21.3 Å². The smallest absolute Gasteiger partial charge is 0.0889 e. The highest BCUT2D eigenvalue weighted by Gasteiger charge is 2.07. The largest absolute Gasteiger partial charge is 0.311 e. The highest BCUT2D eigenvalue weighted by molar-refractivity contribution is 5.56. The molecule has 0 unspecified atom stereocenters. The molecule has 1 aliphatic rings. The molecule has 8 bridgehead atoms. The number of nitrogens with zero attached hydrogens (tertiary/aromatic N) is 6. The first kappa shape index (κ1) is 31.8. The fourth-order valence-corrected chi connectivity index (χ4v) is 5.13. The monoisotopic (exact) mass is 594 g/mol. The van der Waals surface area contributed by atoms with Crippen LogP contribution in [0.1, 0.15) is 22.3 Å². The van der Waals surface area contributed by atoms with Gasteiger partial charge >= 0.3 is 0 Å². The number of hydrogen-bond donors (Lipinski definition) is 4. The highest BCUT2D eigenvalue weighted by atomic mass is 15.1. The van der Waals surface area contributed by atoms with Crippen LogP contribution in [0.25, 0.3) is 22.8 Å². The summed E-state index contributed by atoms with van der Waals surface area (Å²) in [6, 6.07) is 16.8. The van der Waals surface area contributed by atoms with Crippen molar-refractivity contribution >= 4 is 0 Å². The molecule has 44 heavy (non-hydrogen) atoms. The zero-order valence-electron chi connectivity index (χ0n) is 26.1. The predicted octanol–water partition coefficient (Wildman–Crippen LogP) is 2.54. The number of hydrogen-bond acceptors (Lipinski definition) is 10. The molecule has 1 aliphatic heterocycles. The van der Waals surface area contributed by atoms with Gasteiger partial charge in [0.05, 0.1) is 22.8 Å². The van der Waals surface area contributed by atoms with Crippen molar-refractivity contribution in [2.45, 2.75) is 26.2 Å². The Bertz CT molecular complexity index is 1230. The molecule has 0 fully saturated rings. The quantitative estimate of drug-likeness (QED) is 0.243. The lowest BCUT2D eigenvalue weighted by atomic mass is 10.1. The van der Waals surface area contributed by atoms with Crippen LogP contribution in [0.4, 0.5) is 0 Å². The van der Waals surface area contributed by atoms with Crippen molar-refractivity contribution in [3.63, 3.8) is 0 Å². The molecular weight excluding hydrogens is 548 g/mol. The van der Waals surface area contributed by atoms with E-state index in [4.69, 9.17) is 0 Å². The van der Waals surface area contributed by atoms with Gasteiger partial charge in [-0.15, -0.1) is 0 Å². The molecule has 0 radical (unpaired) electrons. The number of likely N-dealkylation sites (N-methyl/N-ethyl adjacent to an activating group) is 2. The zero-order chi connectivity index (χ0) is 30.4. The van der Waals surface area contributed by atoms with E-state index in [2.05, 4.69) is 114 Å². The second-order valence-electron chi connectivity index (χ2n) is 11.5. The van der Waals surface area contributed by atoms with Gasteiger partial charge < -0.3 is 31.1 Å². The Kier molecular flexibility index (Phi) is 12.3. The van der Waals surface area contributed by atoms with Crippen LogP contribution >= 0.6 is 0 Å². The summed E-state index contributed by atoms with van der Waals surface area (Å²) in [7, 11) is 4.33. The van der Waals surface area contributed by atoms with Gasteiger partial charge in [-0.3, -0.25) is 19.9 Å². The van der Waals surface area contributed by atoms with E-state index >= 15 is 0 Å². The molecule has 10 heteroatoms. The van der Waals surface area contributed by atoms with Gasteiger partial charge in [-0.05, 0) is 84.9 Å². The van der Waals surface area contributed by atoms with E-state index in [-0.39, 0.29) is 0 Å². The van der Waals surface area contributed by atoms with E-state index in [1.807, 2.05) is 24.8 Å². The Morgan fingerprint density at radius 2 is 0.682 bits per heavy atom. The van der Waals surface area contributed by atoms with Crippen LogP contribution in [0.3, 0.4) is 0 Å². The standard InChI is InChI=1S/C34H46N10/c1-43-15-11-35-23-27-3-7-39-31(19-27)33-21-29(5-9-41-33)25-37-13-17-44(2)18-14-38-26-30-6-10-42-34(22-30)32-20-28(4-8-40-32)24-36-12-16-43/h3-10,19-22,35-38H,11-18,23-26H2,1-2H3. The molecule has 0 aliphatic carbocycles. The zero-order valence-corrected chi connectivity index (χ0v) is 26.1. The van der Waals surface area contributed by atoms with Gasteiger partial charge in [0.15, 0.2) is 0 Å². The SMILES string of the molecule is CN1CCNCc2ccnc(c2)-c2cc(ccn2)CNCCN(C)CCNCc2ccnc(c2)-c2cc(ccn2)CNCC1. The molecule has 5 heterocycles. The Hall–Kier alpha value is -3.64. The fraction of sp³-hybridized carbons (Fsp3) is 0.412. The third-order valence-corrected chi connectivity index (χ3v) is 7.82. The van der Waals surface area contributed by atoms with Crippen molar-refractivity contribution in [3.8, 4) is 22.8 Å². The maximum Gasteiger partial charge on any atom is 0.0889 e. The summed E-state index contributed by atoms with van der Waals surface area (Å²) < 4.78 is 0. The first-order valence-electron chi connectivity index (χ1n) is 15.6. The third-order valence-electron chi connectivity index (χ3n) is 7.82. The van der Waals surface area contributed by atoms with Crippen molar-refractivity contribution in [2.24, 2.45) is 0 Å². The second kappa shape index (κ2) is 17.0. The molecular formula is C34H46N10. The molecule has 5 rings (SSSR count). The van der Waals surface area contributed by atoms with E-state index in [9.17, 15) is 0 Å². The summed E-state index contributed by atoms with van der Waals surface area (Å²) >= 11 is 0. The van der Waals surface area contributed by atoms with Crippen molar-refractivity contribution in [3.05, 3.63) is 95.6 Å². The van der Waals surface area contributed by atoms with Crippen LogP contribution in [0.15, 0.2) is 73.3 Å². The van der Waals surface area contributed by atoms with Gasteiger partial charge in [-0.2, -0.15) is 0 Å². The lowest BCUT2D eigenvalue weighted by Crippen LogP contribution is -2.34. The van der Waals surface area contributed by atoms with Gasteiger partial charge in [0.1, 0.15) is 0 Å². The minimum absolute atomic E-state index is 0.800. The maximum absolute atomic E-state index is 4.60. The van der Waals surface area contributed by atoms with Gasteiger partial charge in [0.2, 0.25) is 0 Å². The van der Waals surface area contributed by atoms with E-state index in [0.29, 0.717) is 0 Å². The van der Waals surface area contributed by atoms with E-state index in [0.717, 1.165) is 101 Å². The van der Waals surface area contributed by atoms with Crippen molar-refractivity contribution in [1.29, 1.82) is 0 Å². The topological polar surface area (TPSA) is 106 Å². The molecule has 4 aromatic heterocycles. The summed E-state index contributed by atoms with van der Waals surface area (Å²) in [6.45, 7) is 10.8. The van der Waals surface area contributed by atoms with Crippen molar-refractivity contribution in [1.82, 2.24) is 51.0 Å². The Morgan fingerprint density at radius 3 is 0.932 bits per heavy atom.